The van der Waals surface area contributed by atoms with Gasteiger partial charge in [-0.05, 0) is 31.0 Å². The van der Waals surface area contributed by atoms with Crippen LogP contribution in [-0.2, 0) is 4.79 Å². The standard InChI is InChI=1S/C13H18N2O2/c1-9(10-3-2-4-11(14)7-10)13(17)15-6-5-12(16)8-15/h2-4,7,9,12,16H,5-6,8,14H2,1H3/t9?,12-/m1/s1. The van der Waals surface area contributed by atoms with E-state index in [1.165, 1.54) is 0 Å². The summed E-state index contributed by atoms with van der Waals surface area (Å²) in [6.45, 7) is 2.97. The Bertz CT molecular complexity index is 420. The molecular formula is C13H18N2O2. The van der Waals surface area contributed by atoms with Crippen LogP contribution >= 0.6 is 0 Å². The van der Waals surface area contributed by atoms with E-state index in [9.17, 15) is 9.90 Å². The van der Waals surface area contributed by atoms with Crippen LogP contribution in [0.4, 0.5) is 5.69 Å². The van der Waals surface area contributed by atoms with Crippen LogP contribution in [0.1, 0.15) is 24.8 Å². The largest absolute Gasteiger partial charge is 0.399 e. The number of β-amino-alcohol motifs (C(OH)–C–C–N with tert-alkyl or cyclic N) is 1. The highest BCUT2D eigenvalue weighted by molar-refractivity contribution is 5.83. The van der Waals surface area contributed by atoms with Gasteiger partial charge in [0.15, 0.2) is 0 Å². The molecule has 4 heteroatoms. The van der Waals surface area contributed by atoms with E-state index < -0.39 is 0 Å². The Kier molecular flexibility index (Phi) is 3.33. The molecule has 1 amide bonds. The van der Waals surface area contributed by atoms with E-state index in [1.54, 1.807) is 11.0 Å². The van der Waals surface area contributed by atoms with Gasteiger partial charge in [0.25, 0.3) is 0 Å². The van der Waals surface area contributed by atoms with Gasteiger partial charge in [0.1, 0.15) is 0 Å². The number of likely N-dealkylation sites (tertiary alicyclic amines) is 1. The molecule has 0 aliphatic carbocycles. The van der Waals surface area contributed by atoms with Crippen molar-refractivity contribution in [2.75, 3.05) is 18.8 Å². The number of amides is 1. The molecule has 1 aromatic carbocycles. The summed E-state index contributed by atoms with van der Waals surface area (Å²) in [6.07, 6.45) is 0.307. The molecule has 1 aliphatic heterocycles. The molecule has 0 radical (unpaired) electrons. The Hall–Kier alpha value is -1.55. The van der Waals surface area contributed by atoms with Crippen molar-refractivity contribution in [3.05, 3.63) is 29.8 Å². The Morgan fingerprint density at radius 3 is 2.94 bits per heavy atom. The Labute approximate surface area is 101 Å². The highest BCUT2D eigenvalue weighted by atomic mass is 16.3. The van der Waals surface area contributed by atoms with Gasteiger partial charge in [-0.25, -0.2) is 0 Å². The van der Waals surface area contributed by atoms with Crippen molar-refractivity contribution in [2.45, 2.75) is 25.4 Å². The van der Waals surface area contributed by atoms with Crippen molar-refractivity contribution in [1.82, 2.24) is 4.90 Å². The number of anilines is 1. The maximum absolute atomic E-state index is 12.2. The third-order valence-electron chi connectivity index (χ3n) is 3.26. The molecule has 1 fully saturated rings. The SMILES string of the molecule is CC(C(=O)N1CC[C@@H](O)C1)c1cccc(N)c1. The predicted octanol–water partition coefficient (Wildman–Crippen LogP) is 0.966. The van der Waals surface area contributed by atoms with Crippen molar-refractivity contribution in [2.24, 2.45) is 0 Å². The van der Waals surface area contributed by atoms with Crippen molar-refractivity contribution < 1.29 is 9.90 Å². The van der Waals surface area contributed by atoms with Gasteiger partial charge in [-0.2, -0.15) is 0 Å². The first-order valence-electron chi connectivity index (χ1n) is 5.90. The molecule has 2 atom stereocenters. The summed E-state index contributed by atoms with van der Waals surface area (Å²) < 4.78 is 0. The van der Waals surface area contributed by atoms with E-state index in [2.05, 4.69) is 0 Å². The van der Waals surface area contributed by atoms with Gasteiger partial charge in [0.2, 0.25) is 5.91 Å². The minimum absolute atomic E-state index is 0.0622. The molecular weight excluding hydrogens is 216 g/mol. The molecule has 17 heavy (non-hydrogen) atoms. The molecule has 0 bridgehead atoms. The first-order chi connectivity index (χ1) is 8.08. The summed E-state index contributed by atoms with van der Waals surface area (Å²) in [5.41, 5.74) is 7.30. The molecule has 1 heterocycles. The molecule has 2 rings (SSSR count). The fraction of sp³-hybridized carbons (Fsp3) is 0.462. The average molecular weight is 234 g/mol. The quantitative estimate of drug-likeness (QED) is 0.749. The van der Waals surface area contributed by atoms with Crippen molar-refractivity contribution in [1.29, 1.82) is 0 Å². The van der Waals surface area contributed by atoms with Crippen LogP contribution in [-0.4, -0.2) is 35.1 Å². The molecule has 92 valence electrons. The fourth-order valence-corrected chi connectivity index (χ4v) is 2.19. The smallest absolute Gasteiger partial charge is 0.229 e. The van der Waals surface area contributed by atoms with Gasteiger partial charge in [-0.3, -0.25) is 4.79 Å². The number of hydrogen-bond donors (Lipinski definition) is 2. The van der Waals surface area contributed by atoms with E-state index >= 15 is 0 Å². The van der Waals surface area contributed by atoms with Crippen LogP contribution in [0, 0.1) is 0 Å². The van der Waals surface area contributed by atoms with E-state index in [4.69, 9.17) is 5.73 Å². The molecule has 4 nitrogen and oxygen atoms in total. The fourth-order valence-electron chi connectivity index (χ4n) is 2.19. The van der Waals surface area contributed by atoms with Gasteiger partial charge < -0.3 is 15.7 Å². The van der Waals surface area contributed by atoms with Gasteiger partial charge in [0.05, 0.1) is 12.0 Å². The second-order valence-electron chi connectivity index (χ2n) is 4.62. The highest BCUT2D eigenvalue weighted by Gasteiger charge is 2.28. The Morgan fingerprint density at radius 2 is 2.35 bits per heavy atom. The molecule has 1 saturated heterocycles. The lowest BCUT2D eigenvalue weighted by molar-refractivity contribution is -0.131. The zero-order valence-corrected chi connectivity index (χ0v) is 9.97. The van der Waals surface area contributed by atoms with Gasteiger partial charge in [-0.15, -0.1) is 0 Å². The van der Waals surface area contributed by atoms with Crippen LogP contribution < -0.4 is 5.73 Å². The van der Waals surface area contributed by atoms with Crippen molar-refractivity contribution in [3.8, 4) is 0 Å². The second-order valence-corrected chi connectivity index (χ2v) is 4.62. The molecule has 1 aliphatic rings. The first-order valence-corrected chi connectivity index (χ1v) is 5.90. The monoisotopic (exact) mass is 234 g/mol. The summed E-state index contributed by atoms with van der Waals surface area (Å²) in [7, 11) is 0. The second kappa shape index (κ2) is 4.75. The maximum Gasteiger partial charge on any atom is 0.229 e. The Morgan fingerprint density at radius 1 is 1.59 bits per heavy atom. The number of aliphatic hydroxyl groups excluding tert-OH is 1. The van der Waals surface area contributed by atoms with E-state index in [1.807, 2.05) is 25.1 Å². The molecule has 1 aromatic rings. The summed E-state index contributed by atoms with van der Waals surface area (Å²) in [4.78, 5) is 13.9. The lowest BCUT2D eigenvalue weighted by Crippen LogP contribution is -2.33. The number of nitrogens with two attached hydrogens (primary N) is 1. The van der Waals surface area contributed by atoms with Crippen LogP contribution in [0.15, 0.2) is 24.3 Å². The van der Waals surface area contributed by atoms with Crippen molar-refractivity contribution >= 4 is 11.6 Å². The number of nitrogen functional groups attached to an aromatic ring is 1. The minimum Gasteiger partial charge on any atom is -0.399 e. The number of benzene rings is 1. The van der Waals surface area contributed by atoms with E-state index in [-0.39, 0.29) is 17.9 Å². The highest BCUT2D eigenvalue weighted by Crippen LogP contribution is 2.22. The first kappa shape index (κ1) is 11.9. The Balaban J connectivity index is 2.09. The van der Waals surface area contributed by atoms with Crippen LogP contribution in [0.2, 0.25) is 0 Å². The van der Waals surface area contributed by atoms with E-state index in [0.29, 0.717) is 25.2 Å². The number of aliphatic hydroxyl groups is 1. The van der Waals surface area contributed by atoms with Gasteiger partial charge in [-0.1, -0.05) is 12.1 Å². The summed E-state index contributed by atoms with van der Waals surface area (Å²) in [6, 6.07) is 7.40. The number of hydrogen-bond acceptors (Lipinski definition) is 3. The third kappa shape index (κ3) is 2.58. The topological polar surface area (TPSA) is 66.6 Å². The number of carbonyl (C=O) groups is 1. The number of rotatable bonds is 2. The van der Waals surface area contributed by atoms with Crippen LogP contribution in [0.5, 0.6) is 0 Å². The molecule has 1 unspecified atom stereocenters. The summed E-state index contributed by atoms with van der Waals surface area (Å²) in [5.74, 6) is -0.143. The van der Waals surface area contributed by atoms with Gasteiger partial charge in [0, 0.05) is 18.8 Å². The number of nitrogens with zero attached hydrogens (tertiary/aromatic N) is 1. The van der Waals surface area contributed by atoms with E-state index in [0.717, 1.165) is 5.56 Å². The number of carbonyl (C=O) groups excluding carboxylic acids is 1. The summed E-state index contributed by atoms with van der Waals surface area (Å²) in [5, 5.41) is 9.43. The van der Waals surface area contributed by atoms with Crippen LogP contribution in [0.3, 0.4) is 0 Å². The van der Waals surface area contributed by atoms with Crippen molar-refractivity contribution in [3.63, 3.8) is 0 Å². The summed E-state index contributed by atoms with van der Waals surface area (Å²) >= 11 is 0. The molecule has 0 aromatic heterocycles. The molecule has 0 saturated carbocycles. The van der Waals surface area contributed by atoms with Crippen LogP contribution in [0.25, 0.3) is 0 Å². The minimum atomic E-state index is -0.369. The lowest BCUT2D eigenvalue weighted by atomic mass is 9.99. The zero-order valence-electron chi connectivity index (χ0n) is 9.97. The maximum atomic E-state index is 12.2. The zero-order chi connectivity index (χ0) is 12.4. The van der Waals surface area contributed by atoms with Gasteiger partial charge >= 0.3 is 0 Å². The molecule has 0 spiro atoms. The average Bonchev–Trinajstić information content (AvgIpc) is 2.74. The normalized spacial score (nSPS) is 21.5. The lowest BCUT2D eigenvalue weighted by Gasteiger charge is -2.20. The predicted molar refractivity (Wildman–Crippen MR) is 66.5 cm³/mol. The third-order valence-corrected chi connectivity index (χ3v) is 3.26. The molecule has 3 N–H and O–H groups in total.